The zero-order valence-corrected chi connectivity index (χ0v) is 16.6. The number of likely N-dealkylation sites (tertiary alicyclic amines) is 1. The van der Waals surface area contributed by atoms with Crippen LogP contribution in [0.2, 0.25) is 0 Å². The summed E-state index contributed by atoms with van der Waals surface area (Å²) >= 11 is 3.42. The molecule has 138 valence electrons. The Labute approximate surface area is 162 Å². The van der Waals surface area contributed by atoms with Gasteiger partial charge in [-0.2, -0.15) is 11.3 Å². The molecule has 2 aromatic heterocycles. The Morgan fingerprint density at radius 3 is 3.12 bits per heavy atom. The summed E-state index contributed by atoms with van der Waals surface area (Å²) in [6.45, 7) is 6.10. The van der Waals surface area contributed by atoms with E-state index < -0.39 is 0 Å². The van der Waals surface area contributed by atoms with E-state index in [-0.39, 0.29) is 11.5 Å². The van der Waals surface area contributed by atoms with Gasteiger partial charge in [-0.05, 0) is 48.2 Å². The van der Waals surface area contributed by atoms with E-state index in [1.165, 1.54) is 16.9 Å². The highest BCUT2D eigenvalue weighted by Gasteiger charge is 2.62. The topological polar surface area (TPSA) is 41.6 Å². The van der Waals surface area contributed by atoms with Crippen molar-refractivity contribution in [2.45, 2.75) is 38.0 Å². The summed E-state index contributed by atoms with van der Waals surface area (Å²) in [5.74, 6) is 1.04. The number of rotatable bonds is 5. The van der Waals surface area contributed by atoms with Crippen molar-refractivity contribution in [2.24, 2.45) is 11.8 Å². The van der Waals surface area contributed by atoms with Crippen molar-refractivity contribution >= 4 is 28.6 Å². The van der Waals surface area contributed by atoms with Gasteiger partial charge in [0, 0.05) is 53.8 Å². The largest absolute Gasteiger partial charge is 0.370 e. The van der Waals surface area contributed by atoms with Gasteiger partial charge in [0.15, 0.2) is 0 Å². The first-order valence-electron chi connectivity index (χ1n) is 9.38. The number of nitrogens with one attached hydrogen (secondary N) is 1. The number of carbonyl (C=O) groups is 1. The van der Waals surface area contributed by atoms with E-state index in [4.69, 9.17) is 4.74 Å². The Morgan fingerprint density at radius 2 is 2.35 bits per heavy atom. The Morgan fingerprint density at radius 1 is 1.42 bits per heavy atom. The molecule has 0 radical (unpaired) electrons. The molecular weight excluding hydrogens is 364 g/mol. The van der Waals surface area contributed by atoms with Crippen LogP contribution in [0.15, 0.2) is 28.3 Å². The van der Waals surface area contributed by atoms with Gasteiger partial charge in [0.25, 0.3) is 5.91 Å². The van der Waals surface area contributed by atoms with Crippen LogP contribution in [0, 0.1) is 18.8 Å². The molecule has 3 fully saturated rings. The lowest BCUT2D eigenvalue weighted by Crippen LogP contribution is -2.41. The summed E-state index contributed by atoms with van der Waals surface area (Å²) in [4.78, 5) is 16.4. The zero-order valence-electron chi connectivity index (χ0n) is 14.9. The predicted octanol–water partition coefficient (Wildman–Crippen LogP) is 3.53. The maximum absolute atomic E-state index is 12.3. The highest BCUT2D eigenvalue weighted by molar-refractivity contribution is 7.10. The minimum Gasteiger partial charge on any atom is -0.370 e. The monoisotopic (exact) mass is 388 g/mol. The van der Waals surface area contributed by atoms with Crippen molar-refractivity contribution in [3.8, 4) is 0 Å². The third-order valence-electron chi connectivity index (χ3n) is 6.47. The van der Waals surface area contributed by atoms with Gasteiger partial charge < -0.3 is 10.1 Å². The molecule has 1 amide bonds. The first-order chi connectivity index (χ1) is 12.6. The van der Waals surface area contributed by atoms with E-state index in [9.17, 15) is 4.79 Å². The number of thiophene rings is 2. The Bertz CT molecular complexity index is 803. The molecule has 4 nitrogen and oxygen atoms in total. The molecule has 3 aliphatic rings. The van der Waals surface area contributed by atoms with Crippen LogP contribution in [0.5, 0.6) is 0 Å². The molecule has 26 heavy (non-hydrogen) atoms. The normalized spacial score (nSPS) is 32.9. The summed E-state index contributed by atoms with van der Waals surface area (Å²) in [6, 6.07) is 4.10. The second kappa shape index (κ2) is 6.44. The first-order valence-corrected chi connectivity index (χ1v) is 11.2. The maximum atomic E-state index is 12.3. The van der Waals surface area contributed by atoms with Crippen LogP contribution < -0.4 is 5.32 Å². The summed E-state index contributed by atoms with van der Waals surface area (Å²) in [5, 5.41) is 9.21. The summed E-state index contributed by atoms with van der Waals surface area (Å²) in [5.41, 5.74) is 2.21. The molecule has 1 spiro atoms. The first kappa shape index (κ1) is 16.9. The number of hydrogen-bond donors (Lipinski definition) is 1. The van der Waals surface area contributed by atoms with Crippen LogP contribution in [0.25, 0.3) is 0 Å². The maximum Gasteiger partial charge on any atom is 0.252 e. The minimum absolute atomic E-state index is 0.0353. The fourth-order valence-electron chi connectivity index (χ4n) is 5.16. The average molecular weight is 389 g/mol. The Hall–Kier alpha value is -1.21. The fraction of sp³-hybridized carbons (Fsp3) is 0.550. The average Bonchev–Trinajstić information content (AvgIpc) is 3.41. The van der Waals surface area contributed by atoms with Gasteiger partial charge in [-0.1, -0.05) is 0 Å². The highest BCUT2D eigenvalue weighted by atomic mass is 32.1. The quantitative estimate of drug-likeness (QED) is 0.852. The number of amides is 1. The van der Waals surface area contributed by atoms with Gasteiger partial charge in [0.2, 0.25) is 0 Å². The lowest BCUT2D eigenvalue weighted by atomic mass is 9.73. The smallest absolute Gasteiger partial charge is 0.252 e. The van der Waals surface area contributed by atoms with Crippen molar-refractivity contribution in [3.05, 3.63) is 44.3 Å². The molecule has 2 aromatic rings. The summed E-state index contributed by atoms with van der Waals surface area (Å²) in [6.07, 6.45) is 2.65. The van der Waals surface area contributed by atoms with Gasteiger partial charge in [-0.3, -0.25) is 9.69 Å². The molecule has 0 unspecified atom stereocenters. The third-order valence-corrected chi connectivity index (χ3v) is 8.16. The van der Waals surface area contributed by atoms with E-state index in [2.05, 4.69) is 28.6 Å². The molecule has 4 atom stereocenters. The molecule has 0 aromatic carbocycles. The number of nitrogens with zero attached hydrogens (tertiary/aromatic N) is 1. The van der Waals surface area contributed by atoms with Gasteiger partial charge in [-0.15, -0.1) is 11.3 Å². The predicted molar refractivity (Wildman–Crippen MR) is 105 cm³/mol. The van der Waals surface area contributed by atoms with Crippen LogP contribution in [0.3, 0.4) is 0 Å². The molecule has 5 heterocycles. The minimum atomic E-state index is 0.0353. The number of carbonyl (C=O) groups excluding carboxylic acids is 1. The van der Waals surface area contributed by atoms with Gasteiger partial charge in [0.1, 0.15) is 0 Å². The molecule has 6 heteroatoms. The SMILES string of the molecule is Cc1ccsc1CN1C[C@@H]2[C@H](CNC(=O)c3ccsc3)[C@H]3CC[C@]2(C1)O3. The molecule has 0 saturated carbocycles. The lowest BCUT2D eigenvalue weighted by Gasteiger charge is -2.29. The highest BCUT2D eigenvalue weighted by Crippen LogP contribution is 2.54. The van der Waals surface area contributed by atoms with E-state index >= 15 is 0 Å². The third kappa shape index (κ3) is 2.74. The molecule has 0 aliphatic carbocycles. The van der Waals surface area contributed by atoms with Crippen LogP contribution in [-0.2, 0) is 11.3 Å². The zero-order chi connectivity index (χ0) is 17.7. The van der Waals surface area contributed by atoms with E-state index in [0.29, 0.717) is 17.9 Å². The molecule has 1 N–H and O–H groups in total. The lowest BCUT2D eigenvalue weighted by molar-refractivity contribution is 0.00218. The standard InChI is InChI=1S/C20H24N2O2S2/c1-13-3-7-26-18(13)10-22-9-16-15(17-2-5-20(16,12-22)24-17)8-21-19(23)14-4-6-25-11-14/h3-4,6-7,11,15-17H,2,5,8-10,12H2,1H3,(H,21,23)/t15-,16+,17+,20+/m0/s1. The molecule has 3 aliphatic heterocycles. The second-order valence-electron chi connectivity index (χ2n) is 7.95. The summed E-state index contributed by atoms with van der Waals surface area (Å²) < 4.78 is 6.51. The number of hydrogen-bond acceptors (Lipinski definition) is 5. The summed E-state index contributed by atoms with van der Waals surface area (Å²) in [7, 11) is 0. The van der Waals surface area contributed by atoms with Gasteiger partial charge in [-0.25, -0.2) is 0 Å². The van der Waals surface area contributed by atoms with E-state index in [0.717, 1.165) is 38.2 Å². The van der Waals surface area contributed by atoms with Crippen LogP contribution >= 0.6 is 22.7 Å². The van der Waals surface area contributed by atoms with Gasteiger partial charge >= 0.3 is 0 Å². The molecular formula is C20H24N2O2S2. The van der Waals surface area contributed by atoms with Gasteiger partial charge in [0.05, 0.1) is 11.7 Å². The molecule has 2 bridgehead atoms. The van der Waals surface area contributed by atoms with Crippen LogP contribution in [0.4, 0.5) is 0 Å². The van der Waals surface area contributed by atoms with Crippen LogP contribution in [0.1, 0.15) is 33.6 Å². The van der Waals surface area contributed by atoms with Crippen molar-refractivity contribution in [3.63, 3.8) is 0 Å². The molecule has 3 saturated heterocycles. The number of ether oxygens (including phenoxy) is 1. The molecule has 5 rings (SSSR count). The Kier molecular flexibility index (Phi) is 4.20. The van der Waals surface area contributed by atoms with Crippen LogP contribution in [-0.4, -0.2) is 42.1 Å². The van der Waals surface area contributed by atoms with Crippen molar-refractivity contribution in [1.82, 2.24) is 10.2 Å². The Balaban J connectivity index is 1.26. The van der Waals surface area contributed by atoms with Crippen molar-refractivity contribution in [1.29, 1.82) is 0 Å². The fourth-order valence-corrected chi connectivity index (χ4v) is 6.74. The second-order valence-corrected chi connectivity index (χ2v) is 9.73. The van der Waals surface area contributed by atoms with Crippen molar-refractivity contribution < 1.29 is 9.53 Å². The number of fused-ring (bicyclic) bond motifs is 1. The van der Waals surface area contributed by atoms with E-state index in [1.807, 2.05) is 28.2 Å². The van der Waals surface area contributed by atoms with E-state index in [1.54, 1.807) is 11.3 Å². The number of aryl methyl sites for hydroxylation is 1. The van der Waals surface area contributed by atoms with Crippen molar-refractivity contribution in [2.75, 3.05) is 19.6 Å².